The van der Waals surface area contributed by atoms with E-state index in [1.165, 1.54) is 0 Å². The highest BCUT2D eigenvalue weighted by atomic mass is 16.5. The summed E-state index contributed by atoms with van der Waals surface area (Å²) in [5.41, 5.74) is 7.26. The van der Waals surface area contributed by atoms with E-state index in [2.05, 4.69) is 17.4 Å². The second kappa shape index (κ2) is 9.25. The summed E-state index contributed by atoms with van der Waals surface area (Å²) < 4.78 is 11.6. The Labute approximate surface area is 194 Å². The number of nitrogens with zero attached hydrogens (tertiary/aromatic N) is 1. The molecule has 0 spiro atoms. The van der Waals surface area contributed by atoms with Crippen LogP contribution in [0.2, 0.25) is 0 Å². The normalized spacial score (nSPS) is 11.5. The molecule has 1 heterocycles. The zero-order valence-corrected chi connectivity index (χ0v) is 19.6. The summed E-state index contributed by atoms with van der Waals surface area (Å²) in [5, 5.41) is 3.92. The van der Waals surface area contributed by atoms with Crippen molar-refractivity contribution < 1.29 is 13.9 Å². The summed E-state index contributed by atoms with van der Waals surface area (Å²) in [6.45, 7) is 3.89. The molecule has 0 aliphatic rings. The second-order valence-corrected chi connectivity index (χ2v) is 8.23. The number of amides is 1. The van der Waals surface area contributed by atoms with Gasteiger partial charge in [0.05, 0.1) is 13.4 Å². The number of benzene rings is 3. The third-order valence-corrected chi connectivity index (χ3v) is 5.76. The van der Waals surface area contributed by atoms with Crippen molar-refractivity contribution in [2.45, 2.75) is 13.8 Å². The van der Waals surface area contributed by atoms with Gasteiger partial charge in [0.25, 0.3) is 0 Å². The van der Waals surface area contributed by atoms with E-state index in [9.17, 15) is 4.79 Å². The average Bonchev–Trinajstić information content (AvgIpc) is 3.24. The van der Waals surface area contributed by atoms with E-state index < -0.39 is 0 Å². The Morgan fingerprint density at radius 1 is 1.06 bits per heavy atom. The molecule has 5 nitrogen and oxygen atoms in total. The van der Waals surface area contributed by atoms with Crippen molar-refractivity contribution in [2.75, 3.05) is 31.4 Å². The molecular formula is C28H28N2O3. The number of hydrogen-bond acceptors (Lipinski definition) is 4. The second-order valence-electron chi connectivity index (χ2n) is 8.23. The molecule has 0 aliphatic carbocycles. The van der Waals surface area contributed by atoms with Crippen LogP contribution in [0.5, 0.6) is 5.75 Å². The molecule has 0 saturated carbocycles. The van der Waals surface area contributed by atoms with Crippen molar-refractivity contribution in [3.63, 3.8) is 0 Å². The van der Waals surface area contributed by atoms with Gasteiger partial charge >= 0.3 is 0 Å². The smallest absolute Gasteiger partial charge is 0.248 e. The number of allylic oxidation sites excluding steroid dienone is 1. The van der Waals surface area contributed by atoms with Crippen LogP contribution in [0.4, 0.5) is 11.4 Å². The van der Waals surface area contributed by atoms with Gasteiger partial charge in [-0.2, -0.15) is 0 Å². The maximum Gasteiger partial charge on any atom is 0.248 e. The lowest BCUT2D eigenvalue weighted by Crippen LogP contribution is -2.10. The maximum absolute atomic E-state index is 12.7. The first kappa shape index (κ1) is 22.2. The molecular weight excluding hydrogens is 412 g/mol. The van der Waals surface area contributed by atoms with Gasteiger partial charge in [0, 0.05) is 53.6 Å². The fraction of sp³-hybridized carbons (Fsp3) is 0.179. The number of aryl methyl sites for hydroxylation is 1. The van der Waals surface area contributed by atoms with Crippen LogP contribution in [0, 0.1) is 6.92 Å². The minimum Gasteiger partial charge on any atom is -0.496 e. The first-order chi connectivity index (χ1) is 15.9. The highest BCUT2D eigenvalue weighted by molar-refractivity contribution is 6.06. The summed E-state index contributed by atoms with van der Waals surface area (Å²) in [7, 11) is 5.60. The van der Waals surface area contributed by atoms with E-state index in [1.807, 2.05) is 81.4 Å². The lowest BCUT2D eigenvalue weighted by atomic mass is 9.96. The fourth-order valence-electron chi connectivity index (χ4n) is 4.01. The lowest BCUT2D eigenvalue weighted by Gasteiger charge is -2.14. The molecule has 0 radical (unpaired) electrons. The molecule has 0 bridgehead atoms. The molecule has 168 valence electrons. The monoisotopic (exact) mass is 440 g/mol. The zero-order valence-electron chi connectivity index (χ0n) is 19.6. The van der Waals surface area contributed by atoms with Crippen LogP contribution < -0.4 is 15.0 Å². The standard InChI is InChI=1S/C28H28N2O3/c1-18(15-26(31)29-21-11-13-22(14-12-21)30(3)4)23-16-24-25(20-9-7-6-8-10-20)17-33-28(24)19(2)27(23)32-5/h6-17H,1-5H3,(H,29,31)/b18-15+. The van der Waals surface area contributed by atoms with E-state index in [1.54, 1.807) is 19.4 Å². The number of carbonyl (C=O) groups is 1. The minimum atomic E-state index is -0.194. The Morgan fingerprint density at radius 2 is 1.76 bits per heavy atom. The van der Waals surface area contributed by atoms with Crippen molar-refractivity contribution >= 4 is 33.8 Å². The molecule has 5 heteroatoms. The number of furan rings is 1. The van der Waals surface area contributed by atoms with Crippen molar-refractivity contribution in [1.29, 1.82) is 0 Å². The number of ether oxygens (including phenoxy) is 1. The van der Waals surface area contributed by atoms with Gasteiger partial charge in [-0.15, -0.1) is 0 Å². The van der Waals surface area contributed by atoms with Gasteiger partial charge in [0.15, 0.2) is 0 Å². The van der Waals surface area contributed by atoms with Crippen molar-refractivity contribution in [2.24, 2.45) is 0 Å². The Kier molecular flexibility index (Phi) is 6.22. The molecule has 1 aromatic heterocycles. The molecule has 1 N–H and O–H groups in total. The van der Waals surface area contributed by atoms with Crippen LogP contribution in [0.1, 0.15) is 18.1 Å². The summed E-state index contributed by atoms with van der Waals surface area (Å²) >= 11 is 0. The number of carbonyl (C=O) groups excluding carboxylic acids is 1. The SMILES string of the molecule is COc1c(/C(C)=C/C(=O)Nc2ccc(N(C)C)cc2)cc2c(-c3ccccc3)coc2c1C. The van der Waals surface area contributed by atoms with Crippen LogP contribution in [0.25, 0.3) is 27.7 Å². The quantitative estimate of drug-likeness (QED) is 0.347. The van der Waals surface area contributed by atoms with Crippen molar-refractivity contribution in [1.82, 2.24) is 0 Å². The largest absolute Gasteiger partial charge is 0.496 e. The summed E-state index contributed by atoms with van der Waals surface area (Å²) in [4.78, 5) is 14.8. The summed E-state index contributed by atoms with van der Waals surface area (Å²) in [5.74, 6) is 0.508. The molecule has 4 rings (SSSR count). The number of methoxy groups -OCH3 is 1. The van der Waals surface area contributed by atoms with Crippen LogP contribution in [0.3, 0.4) is 0 Å². The lowest BCUT2D eigenvalue weighted by molar-refractivity contribution is -0.111. The van der Waals surface area contributed by atoms with E-state index in [4.69, 9.17) is 9.15 Å². The number of nitrogens with one attached hydrogen (secondary N) is 1. The van der Waals surface area contributed by atoms with Crippen LogP contribution in [-0.4, -0.2) is 27.1 Å². The summed E-state index contributed by atoms with van der Waals surface area (Å²) in [6, 6.07) is 19.9. The van der Waals surface area contributed by atoms with Gasteiger partial charge in [-0.1, -0.05) is 30.3 Å². The minimum absolute atomic E-state index is 0.194. The topological polar surface area (TPSA) is 54.7 Å². The molecule has 0 aliphatic heterocycles. The van der Waals surface area contributed by atoms with Crippen molar-refractivity contribution in [3.8, 4) is 16.9 Å². The van der Waals surface area contributed by atoms with Crippen LogP contribution >= 0.6 is 0 Å². The average molecular weight is 441 g/mol. The predicted octanol–water partition coefficient (Wildman–Crippen LogP) is 6.52. The van der Waals surface area contributed by atoms with Gasteiger partial charge < -0.3 is 19.4 Å². The molecule has 1 amide bonds. The molecule has 0 unspecified atom stereocenters. The molecule has 33 heavy (non-hydrogen) atoms. The van der Waals surface area contributed by atoms with Gasteiger partial charge in [0.1, 0.15) is 11.3 Å². The Balaban J connectivity index is 1.69. The van der Waals surface area contributed by atoms with Crippen molar-refractivity contribution in [3.05, 3.63) is 84.1 Å². The number of anilines is 2. The van der Waals surface area contributed by atoms with E-state index >= 15 is 0 Å². The maximum atomic E-state index is 12.7. The van der Waals surface area contributed by atoms with Crippen LogP contribution in [0.15, 0.2) is 77.4 Å². The van der Waals surface area contributed by atoms with Gasteiger partial charge in [-0.3, -0.25) is 4.79 Å². The Hall–Kier alpha value is -3.99. The highest BCUT2D eigenvalue weighted by Gasteiger charge is 2.18. The Morgan fingerprint density at radius 3 is 2.39 bits per heavy atom. The van der Waals surface area contributed by atoms with Gasteiger partial charge in [-0.25, -0.2) is 0 Å². The molecule has 0 atom stereocenters. The number of rotatable bonds is 6. The summed E-state index contributed by atoms with van der Waals surface area (Å²) in [6.07, 6.45) is 3.38. The zero-order chi connectivity index (χ0) is 23.5. The highest BCUT2D eigenvalue weighted by Crippen LogP contribution is 2.40. The van der Waals surface area contributed by atoms with E-state index in [-0.39, 0.29) is 5.91 Å². The third-order valence-electron chi connectivity index (χ3n) is 5.76. The predicted molar refractivity (Wildman–Crippen MR) is 136 cm³/mol. The first-order valence-electron chi connectivity index (χ1n) is 10.8. The number of hydrogen-bond donors (Lipinski definition) is 1. The van der Waals surface area contributed by atoms with Crippen LogP contribution in [-0.2, 0) is 4.79 Å². The fourth-order valence-corrected chi connectivity index (χ4v) is 4.01. The van der Waals surface area contributed by atoms with Gasteiger partial charge in [0.2, 0.25) is 5.91 Å². The Bertz CT molecular complexity index is 1320. The third kappa shape index (κ3) is 4.48. The molecule has 0 fully saturated rings. The molecule has 0 saturated heterocycles. The van der Waals surface area contributed by atoms with E-state index in [0.717, 1.165) is 50.2 Å². The van der Waals surface area contributed by atoms with E-state index in [0.29, 0.717) is 5.75 Å². The first-order valence-corrected chi connectivity index (χ1v) is 10.8. The molecule has 4 aromatic rings. The molecule has 3 aromatic carbocycles. The number of fused-ring (bicyclic) bond motifs is 1. The van der Waals surface area contributed by atoms with Gasteiger partial charge in [-0.05, 0) is 55.3 Å².